The van der Waals surface area contributed by atoms with Gasteiger partial charge in [0.2, 0.25) is 0 Å². The zero-order valence-electron chi connectivity index (χ0n) is 16.8. The smallest absolute Gasteiger partial charge is 0.146 e. The number of ketones is 1. The number of rotatable bonds is 5. The first-order chi connectivity index (χ1) is 14.6. The maximum absolute atomic E-state index is 11.8. The molecule has 1 fully saturated rings. The summed E-state index contributed by atoms with van der Waals surface area (Å²) in [5.74, 6) is 0.693. The average Bonchev–Trinajstić information content (AvgIpc) is 3.35. The van der Waals surface area contributed by atoms with Crippen molar-refractivity contribution in [3.05, 3.63) is 35.7 Å². The van der Waals surface area contributed by atoms with Crippen LogP contribution in [0.3, 0.4) is 0 Å². The van der Waals surface area contributed by atoms with Crippen LogP contribution >= 0.6 is 11.3 Å². The van der Waals surface area contributed by atoms with Crippen molar-refractivity contribution in [1.82, 2.24) is 19.5 Å². The molecule has 4 aromatic rings. The molecule has 0 radical (unpaired) electrons. The molecule has 0 atom stereocenters. The van der Waals surface area contributed by atoms with Crippen molar-refractivity contribution < 1.29 is 9.53 Å². The van der Waals surface area contributed by atoms with E-state index in [2.05, 4.69) is 37.8 Å². The SMILES string of the molecule is CCC(=O)Cc1nc2ccc(-c3cn(C4CCOCC4)c4ncnc(N)c34)cc2s1. The zero-order chi connectivity index (χ0) is 20.7. The van der Waals surface area contributed by atoms with Gasteiger partial charge < -0.3 is 15.0 Å². The van der Waals surface area contributed by atoms with Crippen LogP contribution in [0.5, 0.6) is 0 Å². The van der Waals surface area contributed by atoms with Crippen molar-refractivity contribution in [2.75, 3.05) is 18.9 Å². The second-order valence-electron chi connectivity index (χ2n) is 7.61. The third-order valence-electron chi connectivity index (χ3n) is 5.71. The fourth-order valence-electron chi connectivity index (χ4n) is 4.08. The van der Waals surface area contributed by atoms with Crippen molar-refractivity contribution in [2.45, 2.75) is 38.6 Å². The number of carbonyl (C=O) groups excluding carboxylic acids is 1. The van der Waals surface area contributed by atoms with Gasteiger partial charge in [-0.25, -0.2) is 15.0 Å². The highest BCUT2D eigenvalue weighted by molar-refractivity contribution is 7.18. The lowest BCUT2D eigenvalue weighted by Gasteiger charge is -2.24. The van der Waals surface area contributed by atoms with Gasteiger partial charge >= 0.3 is 0 Å². The summed E-state index contributed by atoms with van der Waals surface area (Å²) in [5.41, 5.74) is 10.1. The van der Waals surface area contributed by atoms with E-state index in [0.29, 0.717) is 24.7 Å². The van der Waals surface area contributed by atoms with Crippen molar-refractivity contribution in [3.63, 3.8) is 0 Å². The summed E-state index contributed by atoms with van der Waals surface area (Å²) in [4.78, 5) is 25.2. The van der Waals surface area contributed by atoms with Crippen molar-refractivity contribution >= 4 is 44.2 Å². The van der Waals surface area contributed by atoms with E-state index in [1.807, 2.05) is 13.0 Å². The summed E-state index contributed by atoms with van der Waals surface area (Å²) < 4.78 is 8.83. The van der Waals surface area contributed by atoms with Crippen molar-refractivity contribution in [1.29, 1.82) is 0 Å². The first kappa shape index (κ1) is 19.1. The minimum Gasteiger partial charge on any atom is -0.383 e. The van der Waals surface area contributed by atoms with Crippen molar-refractivity contribution in [2.24, 2.45) is 0 Å². The standard InChI is InChI=1S/C22H23N5O2S/c1-2-15(28)10-19-26-17-4-3-13(9-18(17)30-19)16-11-27(14-5-7-29-8-6-14)22-20(16)21(23)24-12-25-22/h3-4,9,11-12,14H,2,5-8,10H2,1H3,(H2,23,24,25). The summed E-state index contributed by atoms with van der Waals surface area (Å²) in [6, 6.07) is 6.53. The highest BCUT2D eigenvalue weighted by atomic mass is 32.1. The zero-order valence-corrected chi connectivity index (χ0v) is 17.6. The van der Waals surface area contributed by atoms with Gasteiger partial charge in [0.05, 0.1) is 22.0 Å². The van der Waals surface area contributed by atoms with Crippen LogP contribution in [0.4, 0.5) is 5.82 Å². The number of nitrogen functional groups attached to an aromatic ring is 1. The number of anilines is 1. The number of Topliss-reactive ketones (excluding diaryl/α,β-unsaturated/α-hetero) is 1. The third kappa shape index (κ3) is 3.36. The molecule has 8 heteroatoms. The summed E-state index contributed by atoms with van der Waals surface area (Å²) in [6.45, 7) is 3.40. The number of nitrogens with two attached hydrogens (primary N) is 1. The number of aromatic nitrogens is 4. The Morgan fingerprint density at radius 3 is 2.93 bits per heavy atom. The fourth-order valence-corrected chi connectivity index (χ4v) is 5.11. The number of hydrogen-bond donors (Lipinski definition) is 1. The monoisotopic (exact) mass is 421 g/mol. The molecule has 1 aliphatic rings. The van der Waals surface area contributed by atoms with Crippen LogP contribution in [-0.4, -0.2) is 38.5 Å². The third-order valence-corrected chi connectivity index (χ3v) is 6.73. The van der Waals surface area contributed by atoms with E-state index in [0.717, 1.165) is 63.4 Å². The minimum absolute atomic E-state index is 0.207. The molecule has 1 saturated heterocycles. The lowest BCUT2D eigenvalue weighted by molar-refractivity contribution is -0.118. The van der Waals surface area contributed by atoms with Crippen LogP contribution in [0.1, 0.15) is 37.2 Å². The molecule has 1 aromatic carbocycles. The van der Waals surface area contributed by atoms with Gasteiger partial charge in [0.15, 0.2) is 0 Å². The number of benzene rings is 1. The van der Waals surface area contributed by atoms with Gasteiger partial charge in [-0.3, -0.25) is 4.79 Å². The molecule has 7 nitrogen and oxygen atoms in total. The maximum Gasteiger partial charge on any atom is 0.146 e. The number of thiazole rings is 1. The van der Waals surface area contributed by atoms with Crippen LogP contribution in [0.2, 0.25) is 0 Å². The molecule has 5 rings (SSSR count). The lowest BCUT2D eigenvalue weighted by Crippen LogP contribution is -2.19. The Kier molecular flexibility index (Phi) is 4.96. The Hall–Kier alpha value is -2.84. The fraction of sp³-hybridized carbons (Fsp3) is 0.364. The number of hydrogen-bond acceptors (Lipinski definition) is 7. The summed E-state index contributed by atoms with van der Waals surface area (Å²) in [5, 5.41) is 1.75. The van der Waals surface area contributed by atoms with Crippen LogP contribution in [0.15, 0.2) is 30.7 Å². The molecule has 154 valence electrons. The highest BCUT2D eigenvalue weighted by Gasteiger charge is 2.22. The van der Waals surface area contributed by atoms with Gasteiger partial charge in [-0.15, -0.1) is 11.3 Å². The predicted octanol–water partition coefficient (Wildman–Crippen LogP) is 4.16. The molecule has 2 N–H and O–H groups in total. The molecule has 0 aliphatic carbocycles. The Morgan fingerprint density at radius 1 is 1.30 bits per heavy atom. The number of carbonyl (C=O) groups is 1. The molecule has 0 spiro atoms. The quantitative estimate of drug-likeness (QED) is 0.520. The molecule has 0 saturated carbocycles. The van der Waals surface area contributed by atoms with E-state index < -0.39 is 0 Å². The first-order valence-corrected chi connectivity index (χ1v) is 11.1. The Morgan fingerprint density at radius 2 is 2.13 bits per heavy atom. The molecule has 0 bridgehead atoms. The van der Waals surface area contributed by atoms with Gasteiger partial charge in [-0.2, -0.15) is 0 Å². The van der Waals surface area contributed by atoms with E-state index in [1.54, 1.807) is 11.3 Å². The second-order valence-corrected chi connectivity index (χ2v) is 8.73. The van der Waals surface area contributed by atoms with Gasteiger partial charge in [0, 0.05) is 37.4 Å². The molecule has 0 unspecified atom stereocenters. The Balaban J connectivity index is 1.61. The van der Waals surface area contributed by atoms with Crippen LogP contribution < -0.4 is 5.73 Å². The average molecular weight is 422 g/mol. The van der Waals surface area contributed by atoms with Crippen LogP contribution in [-0.2, 0) is 16.0 Å². The van der Waals surface area contributed by atoms with Gasteiger partial charge in [-0.1, -0.05) is 13.0 Å². The summed E-state index contributed by atoms with van der Waals surface area (Å²) in [6.07, 6.45) is 6.52. The minimum atomic E-state index is 0.207. The molecule has 1 aliphatic heterocycles. The molecule has 4 heterocycles. The van der Waals surface area contributed by atoms with Crippen LogP contribution in [0, 0.1) is 0 Å². The normalized spacial score (nSPS) is 15.2. The second kappa shape index (κ2) is 7.77. The van der Waals surface area contributed by atoms with E-state index in [4.69, 9.17) is 10.5 Å². The Bertz CT molecular complexity index is 1240. The Labute approximate surface area is 177 Å². The number of ether oxygens (including phenoxy) is 1. The maximum atomic E-state index is 11.8. The largest absolute Gasteiger partial charge is 0.383 e. The van der Waals surface area contributed by atoms with E-state index in [9.17, 15) is 4.79 Å². The van der Waals surface area contributed by atoms with Gasteiger partial charge in [0.1, 0.15) is 28.6 Å². The highest BCUT2D eigenvalue weighted by Crippen LogP contribution is 2.38. The molecular formula is C22H23N5O2S. The number of fused-ring (bicyclic) bond motifs is 2. The van der Waals surface area contributed by atoms with E-state index in [1.165, 1.54) is 6.33 Å². The van der Waals surface area contributed by atoms with Gasteiger partial charge in [-0.05, 0) is 30.5 Å². The lowest BCUT2D eigenvalue weighted by atomic mass is 10.1. The van der Waals surface area contributed by atoms with E-state index >= 15 is 0 Å². The van der Waals surface area contributed by atoms with Crippen molar-refractivity contribution in [3.8, 4) is 11.1 Å². The first-order valence-electron chi connectivity index (χ1n) is 10.2. The predicted molar refractivity (Wildman–Crippen MR) is 119 cm³/mol. The molecule has 0 amide bonds. The number of nitrogens with zero attached hydrogens (tertiary/aromatic N) is 4. The summed E-state index contributed by atoms with van der Waals surface area (Å²) >= 11 is 1.58. The summed E-state index contributed by atoms with van der Waals surface area (Å²) in [7, 11) is 0. The molecular weight excluding hydrogens is 398 g/mol. The molecule has 3 aromatic heterocycles. The van der Waals surface area contributed by atoms with Crippen LogP contribution in [0.25, 0.3) is 32.4 Å². The van der Waals surface area contributed by atoms with Gasteiger partial charge in [0.25, 0.3) is 0 Å². The van der Waals surface area contributed by atoms with E-state index in [-0.39, 0.29) is 5.78 Å². The topological polar surface area (TPSA) is 95.9 Å². The molecule has 30 heavy (non-hydrogen) atoms.